The van der Waals surface area contributed by atoms with Crippen molar-refractivity contribution < 1.29 is 8.78 Å². The average Bonchev–Trinajstić information content (AvgIpc) is 2.90. The highest BCUT2D eigenvalue weighted by Crippen LogP contribution is 2.27. The highest BCUT2D eigenvalue weighted by molar-refractivity contribution is 9.10. The quantitative estimate of drug-likeness (QED) is 0.720. The largest absolute Gasteiger partial charge is 0.399 e. The van der Waals surface area contributed by atoms with Gasteiger partial charge in [0.1, 0.15) is 11.6 Å². The lowest BCUT2D eigenvalue weighted by Gasteiger charge is -2.08. The van der Waals surface area contributed by atoms with Gasteiger partial charge in [-0.3, -0.25) is 0 Å². The summed E-state index contributed by atoms with van der Waals surface area (Å²) in [6.07, 6.45) is 0. The van der Waals surface area contributed by atoms with Crippen molar-refractivity contribution in [1.29, 1.82) is 0 Å². The maximum atomic E-state index is 14.0. The Morgan fingerprint density at radius 1 is 1.10 bits per heavy atom. The first kappa shape index (κ1) is 13.6. The van der Waals surface area contributed by atoms with E-state index < -0.39 is 11.6 Å². The summed E-state index contributed by atoms with van der Waals surface area (Å²) in [4.78, 5) is 0. The maximum absolute atomic E-state index is 14.0. The molecule has 0 unspecified atom stereocenters. The standard InChI is InChI=1S/C13H8BrF2N5/c14-10-4-1-7(15)5-12(10)21-13(18-19-20-21)9-3-2-8(17)6-11(9)16/h1-6H,17H2. The highest BCUT2D eigenvalue weighted by Gasteiger charge is 2.17. The van der Waals surface area contributed by atoms with Gasteiger partial charge >= 0.3 is 0 Å². The number of halogens is 3. The molecule has 0 aliphatic carbocycles. The van der Waals surface area contributed by atoms with Crippen LogP contribution in [-0.4, -0.2) is 20.2 Å². The molecule has 8 heteroatoms. The molecule has 0 spiro atoms. The molecule has 0 saturated heterocycles. The van der Waals surface area contributed by atoms with Gasteiger partial charge in [0.05, 0.1) is 11.3 Å². The second-order valence-corrected chi connectivity index (χ2v) is 5.10. The molecule has 3 rings (SSSR count). The maximum Gasteiger partial charge on any atom is 0.190 e. The van der Waals surface area contributed by atoms with Gasteiger partial charge in [-0.25, -0.2) is 8.78 Å². The molecular weight excluding hydrogens is 344 g/mol. The summed E-state index contributed by atoms with van der Waals surface area (Å²) >= 11 is 3.29. The van der Waals surface area contributed by atoms with E-state index in [4.69, 9.17) is 5.73 Å². The first-order valence-electron chi connectivity index (χ1n) is 5.85. The van der Waals surface area contributed by atoms with Crippen LogP contribution in [0.5, 0.6) is 0 Å². The number of aromatic nitrogens is 4. The van der Waals surface area contributed by atoms with Crippen molar-refractivity contribution in [1.82, 2.24) is 20.2 Å². The second-order valence-electron chi connectivity index (χ2n) is 4.25. The fraction of sp³-hybridized carbons (Fsp3) is 0. The zero-order valence-electron chi connectivity index (χ0n) is 10.5. The lowest BCUT2D eigenvalue weighted by atomic mass is 10.2. The smallest absolute Gasteiger partial charge is 0.190 e. The van der Waals surface area contributed by atoms with E-state index in [-0.39, 0.29) is 11.4 Å². The van der Waals surface area contributed by atoms with Crippen molar-refractivity contribution in [2.24, 2.45) is 0 Å². The lowest BCUT2D eigenvalue weighted by molar-refractivity contribution is 0.623. The monoisotopic (exact) mass is 351 g/mol. The lowest BCUT2D eigenvalue weighted by Crippen LogP contribution is -2.03. The van der Waals surface area contributed by atoms with E-state index in [0.29, 0.717) is 15.8 Å². The molecule has 0 saturated carbocycles. The Morgan fingerprint density at radius 2 is 1.90 bits per heavy atom. The summed E-state index contributed by atoms with van der Waals surface area (Å²) < 4.78 is 29.3. The number of benzene rings is 2. The van der Waals surface area contributed by atoms with Crippen LogP contribution < -0.4 is 5.73 Å². The molecule has 2 N–H and O–H groups in total. The highest BCUT2D eigenvalue weighted by atomic mass is 79.9. The summed E-state index contributed by atoms with van der Waals surface area (Å²) in [5.41, 5.74) is 6.35. The van der Waals surface area contributed by atoms with Crippen LogP contribution in [0.4, 0.5) is 14.5 Å². The van der Waals surface area contributed by atoms with E-state index >= 15 is 0 Å². The summed E-state index contributed by atoms with van der Waals surface area (Å²) in [7, 11) is 0. The minimum Gasteiger partial charge on any atom is -0.399 e. The van der Waals surface area contributed by atoms with Gasteiger partial charge in [0, 0.05) is 16.2 Å². The van der Waals surface area contributed by atoms with Gasteiger partial charge in [-0.15, -0.1) is 5.10 Å². The molecular formula is C13H8BrF2N5. The van der Waals surface area contributed by atoms with Crippen LogP contribution in [0.2, 0.25) is 0 Å². The molecule has 0 aliphatic rings. The molecule has 0 fully saturated rings. The van der Waals surface area contributed by atoms with Gasteiger partial charge in [0.25, 0.3) is 0 Å². The first-order chi connectivity index (χ1) is 10.1. The third kappa shape index (κ3) is 2.49. The van der Waals surface area contributed by atoms with Crippen LogP contribution in [0.15, 0.2) is 40.9 Å². The zero-order valence-corrected chi connectivity index (χ0v) is 12.1. The predicted molar refractivity (Wildman–Crippen MR) is 76.6 cm³/mol. The number of nitrogens with two attached hydrogens (primary N) is 1. The van der Waals surface area contributed by atoms with Crippen LogP contribution >= 0.6 is 15.9 Å². The molecule has 1 heterocycles. The summed E-state index contributed by atoms with van der Waals surface area (Å²) in [5, 5.41) is 11.1. The number of hydrogen-bond donors (Lipinski definition) is 1. The number of nitrogen functional groups attached to an aromatic ring is 1. The Labute approximate surface area is 126 Å². The minimum atomic E-state index is -0.557. The summed E-state index contributed by atoms with van der Waals surface area (Å²) in [6, 6.07) is 8.25. The van der Waals surface area contributed by atoms with E-state index in [2.05, 4.69) is 31.5 Å². The molecule has 106 valence electrons. The third-order valence-electron chi connectivity index (χ3n) is 2.84. The second kappa shape index (κ2) is 5.21. The average molecular weight is 352 g/mol. The van der Waals surface area contributed by atoms with Crippen molar-refractivity contribution >= 4 is 21.6 Å². The van der Waals surface area contributed by atoms with E-state index in [9.17, 15) is 8.78 Å². The fourth-order valence-electron chi connectivity index (χ4n) is 1.88. The van der Waals surface area contributed by atoms with E-state index in [1.807, 2.05) is 0 Å². The van der Waals surface area contributed by atoms with Crippen LogP contribution in [0.1, 0.15) is 0 Å². The molecule has 0 radical (unpaired) electrons. The van der Waals surface area contributed by atoms with Gasteiger partial charge in [-0.2, -0.15) is 4.68 Å². The summed E-state index contributed by atoms with van der Waals surface area (Å²) in [6.45, 7) is 0. The number of tetrazole rings is 1. The minimum absolute atomic E-state index is 0.152. The van der Waals surface area contributed by atoms with Crippen molar-refractivity contribution in [2.45, 2.75) is 0 Å². The van der Waals surface area contributed by atoms with Crippen molar-refractivity contribution in [3.8, 4) is 17.1 Å². The zero-order chi connectivity index (χ0) is 15.0. The van der Waals surface area contributed by atoms with Gasteiger partial charge in [0.2, 0.25) is 0 Å². The first-order valence-corrected chi connectivity index (χ1v) is 6.65. The SMILES string of the molecule is Nc1ccc(-c2nnnn2-c2cc(F)ccc2Br)c(F)c1. The molecule has 2 aromatic carbocycles. The topological polar surface area (TPSA) is 69.6 Å². The number of hydrogen-bond acceptors (Lipinski definition) is 4. The molecule has 21 heavy (non-hydrogen) atoms. The normalized spacial score (nSPS) is 10.8. The Morgan fingerprint density at radius 3 is 2.67 bits per heavy atom. The predicted octanol–water partition coefficient (Wildman–Crippen LogP) is 2.95. The van der Waals surface area contributed by atoms with Gasteiger partial charge in [-0.1, -0.05) is 0 Å². The van der Waals surface area contributed by atoms with Crippen molar-refractivity contribution in [3.63, 3.8) is 0 Å². The van der Waals surface area contributed by atoms with E-state index in [1.54, 1.807) is 0 Å². The molecule has 0 atom stereocenters. The Kier molecular flexibility index (Phi) is 3.38. The van der Waals surface area contributed by atoms with Crippen LogP contribution in [-0.2, 0) is 0 Å². The van der Waals surface area contributed by atoms with Crippen LogP contribution in [0.25, 0.3) is 17.1 Å². The Bertz CT molecular complexity index is 818. The third-order valence-corrected chi connectivity index (χ3v) is 3.51. The van der Waals surface area contributed by atoms with E-state index in [1.165, 1.54) is 41.1 Å². The van der Waals surface area contributed by atoms with E-state index in [0.717, 1.165) is 0 Å². The van der Waals surface area contributed by atoms with Crippen LogP contribution in [0.3, 0.4) is 0 Å². The molecule has 5 nitrogen and oxygen atoms in total. The van der Waals surface area contributed by atoms with Gasteiger partial charge < -0.3 is 5.73 Å². The van der Waals surface area contributed by atoms with Gasteiger partial charge in [-0.05, 0) is 56.7 Å². The molecule has 0 aliphatic heterocycles. The summed E-state index contributed by atoms with van der Waals surface area (Å²) in [5.74, 6) is -0.857. The van der Waals surface area contributed by atoms with Crippen LogP contribution in [0, 0.1) is 11.6 Å². The van der Waals surface area contributed by atoms with Crippen molar-refractivity contribution in [2.75, 3.05) is 5.73 Å². The molecule has 0 bridgehead atoms. The Balaban J connectivity index is 2.19. The molecule has 3 aromatic rings. The Hall–Kier alpha value is -2.35. The fourth-order valence-corrected chi connectivity index (χ4v) is 2.29. The number of nitrogens with zero attached hydrogens (tertiary/aromatic N) is 4. The number of anilines is 1. The molecule has 0 amide bonds. The molecule has 1 aromatic heterocycles. The van der Waals surface area contributed by atoms with Gasteiger partial charge in [0.15, 0.2) is 5.82 Å². The number of rotatable bonds is 2. The van der Waals surface area contributed by atoms with Crippen molar-refractivity contribution in [3.05, 3.63) is 52.5 Å².